The van der Waals surface area contributed by atoms with Gasteiger partial charge in [-0.1, -0.05) is 6.92 Å². The minimum Gasteiger partial charge on any atom is -0.383 e. The van der Waals surface area contributed by atoms with E-state index in [0.717, 1.165) is 0 Å². The molecule has 7 heteroatoms. The second-order valence-electron chi connectivity index (χ2n) is 4.21. The highest BCUT2D eigenvalue weighted by Crippen LogP contribution is 2.16. The number of pyridine rings is 1. The largest absolute Gasteiger partial charge is 0.383 e. The summed E-state index contributed by atoms with van der Waals surface area (Å²) in [5.74, 6) is -1.33. The van der Waals surface area contributed by atoms with E-state index in [1.807, 2.05) is 0 Å². The van der Waals surface area contributed by atoms with E-state index in [-0.39, 0.29) is 17.9 Å². The molecular weight excluding hydrogens is 248 g/mol. The van der Waals surface area contributed by atoms with Crippen molar-refractivity contribution in [3.63, 3.8) is 0 Å². The van der Waals surface area contributed by atoms with Crippen LogP contribution in [0.4, 0.5) is 5.82 Å². The zero-order valence-electron chi connectivity index (χ0n) is 10.4. The van der Waals surface area contributed by atoms with E-state index in [1.165, 1.54) is 17.2 Å². The van der Waals surface area contributed by atoms with Crippen LogP contribution in [-0.4, -0.2) is 40.2 Å². The monoisotopic (exact) mass is 262 g/mol. The van der Waals surface area contributed by atoms with Crippen LogP contribution in [0.5, 0.6) is 0 Å². The number of nitrogens with one attached hydrogen (secondary N) is 1. The Morgan fingerprint density at radius 1 is 1.58 bits per heavy atom. The molecule has 1 aliphatic heterocycles. The number of amides is 3. The van der Waals surface area contributed by atoms with Gasteiger partial charge >= 0.3 is 0 Å². The first kappa shape index (κ1) is 13.0. The van der Waals surface area contributed by atoms with Crippen LogP contribution >= 0.6 is 0 Å². The van der Waals surface area contributed by atoms with Crippen molar-refractivity contribution in [2.75, 3.05) is 12.3 Å². The zero-order valence-corrected chi connectivity index (χ0v) is 10.4. The summed E-state index contributed by atoms with van der Waals surface area (Å²) in [6, 6.07) is 2.44. The van der Waals surface area contributed by atoms with E-state index in [0.29, 0.717) is 6.42 Å². The van der Waals surface area contributed by atoms with Gasteiger partial charge in [-0.25, -0.2) is 4.98 Å². The molecule has 1 aromatic rings. The minimum absolute atomic E-state index is 0.0841. The van der Waals surface area contributed by atoms with Crippen molar-refractivity contribution in [3.8, 4) is 0 Å². The number of nitrogens with zero attached hydrogens (tertiary/aromatic N) is 2. The van der Waals surface area contributed by atoms with Gasteiger partial charge in [-0.3, -0.25) is 19.7 Å². The van der Waals surface area contributed by atoms with Gasteiger partial charge in [0.25, 0.3) is 5.91 Å². The fourth-order valence-corrected chi connectivity index (χ4v) is 2.04. The number of aromatic nitrogens is 1. The fourth-order valence-electron chi connectivity index (χ4n) is 2.04. The SMILES string of the molecule is CCC1C(=O)NC(=O)CN1C(=O)c1cccnc1N. The first-order valence-electron chi connectivity index (χ1n) is 5.89. The predicted molar refractivity (Wildman–Crippen MR) is 66.9 cm³/mol. The smallest absolute Gasteiger partial charge is 0.258 e. The Kier molecular flexibility index (Phi) is 3.46. The van der Waals surface area contributed by atoms with Crippen molar-refractivity contribution in [1.29, 1.82) is 0 Å². The van der Waals surface area contributed by atoms with E-state index >= 15 is 0 Å². The van der Waals surface area contributed by atoms with Crippen LogP contribution in [0.15, 0.2) is 18.3 Å². The lowest BCUT2D eigenvalue weighted by Crippen LogP contribution is -2.59. The standard InChI is InChI=1S/C12H14N4O3/c1-2-8-11(18)15-9(17)6-16(8)12(19)7-4-3-5-14-10(7)13/h3-5,8H,2,6H2,1H3,(H2,13,14)(H,15,17,18). The number of carbonyl (C=O) groups is 3. The molecule has 7 nitrogen and oxygen atoms in total. The molecule has 1 unspecified atom stereocenters. The third-order valence-electron chi connectivity index (χ3n) is 2.97. The summed E-state index contributed by atoms with van der Waals surface area (Å²) < 4.78 is 0. The summed E-state index contributed by atoms with van der Waals surface area (Å²) in [7, 11) is 0. The molecule has 0 aromatic carbocycles. The molecule has 1 aliphatic rings. The van der Waals surface area contributed by atoms with Gasteiger partial charge in [-0.2, -0.15) is 0 Å². The highest BCUT2D eigenvalue weighted by Gasteiger charge is 2.36. The number of imide groups is 1. The van der Waals surface area contributed by atoms with Gasteiger partial charge in [0.05, 0.1) is 5.56 Å². The highest BCUT2D eigenvalue weighted by atomic mass is 16.2. The zero-order chi connectivity index (χ0) is 14.0. The van der Waals surface area contributed by atoms with Crippen molar-refractivity contribution < 1.29 is 14.4 Å². The topological polar surface area (TPSA) is 105 Å². The third kappa shape index (κ3) is 2.40. The fraction of sp³-hybridized carbons (Fsp3) is 0.333. The van der Waals surface area contributed by atoms with Gasteiger partial charge in [0, 0.05) is 6.20 Å². The number of carbonyl (C=O) groups excluding carboxylic acids is 3. The van der Waals surface area contributed by atoms with Crippen molar-refractivity contribution >= 4 is 23.5 Å². The van der Waals surface area contributed by atoms with Crippen molar-refractivity contribution in [1.82, 2.24) is 15.2 Å². The normalized spacial score (nSPS) is 19.2. The molecule has 0 saturated carbocycles. The van der Waals surface area contributed by atoms with E-state index in [1.54, 1.807) is 13.0 Å². The van der Waals surface area contributed by atoms with E-state index in [4.69, 9.17) is 5.73 Å². The van der Waals surface area contributed by atoms with Crippen molar-refractivity contribution in [2.45, 2.75) is 19.4 Å². The third-order valence-corrected chi connectivity index (χ3v) is 2.97. The maximum Gasteiger partial charge on any atom is 0.258 e. The Labute approximate surface area is 109 Å². The molecular formula is C12H14N4O3. The number of piperazine rings is 1. The molecule has 1 atom stereocenters. The summed E-state index contributed by atoms with van der Waals surface area (Å²) in [5.41, 5.74) is 5.84. The number of hydrogen-bond donors (Lipinski definition) is 2. The summed E-state index contributed by atoms with van der Waals surface area (Å²) in [5, 5.41) is 2.21. The van der Waals surface area contributed by atoms with Crippen LogP contribution in [0.1, 0.15) is 23.7 Å². The lowest BCUT2D eigenvalue weighted by molar-refractivity contribution is -0.138. The van der Waals surface area contributed by atoms with E-state index in [2.05, 4.69) is 10.3 Å². The Hall–Kier alpha value is -2.44. The van der Waals surface area contributed by atoms with Crippen LogP contribution in [-0.2, 0) is 9.59 Å². The molecule has 100 valence electrons. The van der Waals surface area contributed by atoms with Crippen molar-refractivity contribution in [3.05, 3.63) is 23.9 Å². The Morgan fingerprint density at radius 3 is 2.95 bits per heavy atom. The average Bonchev–Trinajstić information content (AvgIpc) is 2.37. The molecule has 19 heavy (non-hydrogen) atoms. The lowest BCUT2D eigenvalue weighted by atomic mass is 10.1. The Balaban J connectivity index is 2.33. The molecule has 0 aliphatic carbocycles. The van der Waals surface area contributed by atoms with Gasteiger partial charge < -0.3 is 10.6 Å². The maximum absolute atomic E-state index is 12.4. The molecule has 2 rings (SSSR count). The molecule has 1 saturated heterocycles. The number of rotatable bonds is 2. The molecule has 1 aromatic heterocycles. The molecule has 1 fully saturated rings. The average molecular weight is 262 g/mol. The summed E-state index contributed by atoms with van der Waals surface area (Å²) in [6.45, 7) is 1.62. The molecule has 2 heterocycles. The quantitative estimate of drug-likeness (QED) is 0.702. The van der Waals surface area contributed by atoms with E-state index < -0.39 is 23.8 Å². The number of anilines is 1. The molecule has 3 amide bonds. The second kappa shape index (κ2) is 5.05. The molecule has 0 bridgehead atoms. The Bertz CT molecular complexity index is 544. The highest BCUT2D eigenvalue weighted by molar-refractivity contribution is 6.08. The summed E-state index contributed by atoms with van der Waals surface area (Å²) in [6.07, 6.45) is 1.89. The lowest BCUT2D eigenvalue weighted by Gasteiger charge is -2.33. The second-order valence-corrected chi connectivity index (χ2v) is 4.21. The van der Waals surface area contributed by atoms with Gasteiger partial charge in [0.2, 0.25) is 11.8 Å². The summed E-state index contributed by atoms with van der Waals surface area (Å²) >= 11 is 0. The van der Waals surface area contributed by atoms with E-state index in [9.17, 15) is 14.4 Å². The summed E-state index contributed by atoms with van der Waals surface area (Å²) in [4.78, 5) is 40.5. The first-order chi connectivity index (χ1) is 9.04. The van der Waals surface area contributed by atoms with Gasteiger partial charge in [0.15, 0.2) is 0 Å². The van der Waals surface area contributed by atoms with Gasteiger partial charge in [0.1, 0.15) is 18.4 Å². The van der Waals surface area contributed by atoms with Crippen LogP contribution in [0, 0.1) is 0 Å². The van der Waals surface area contributed by atoms with Crippen LogP contribution < -0.4 is 11.1 Å². The Morgan fingerprint density at radius 2 is 2.32 bits per heavy atom. The maximum atomic E-state index is 12.4. The molecule has 0 spiro atoms. The van der Waals surface area contributed by atoms with Crippen LogP contribution in [0.25, 0.3) is 0 Å². The minimum atomic E-state index is -0.662. The van der Waals surface area contributed by atoms with Gasteiger partial charge in [-0.15, -0.1) is 0 Å². The van der Waals surface area contributed by atoms with Crippen LogP contribution in [0.2, 0.25) is 0 Å². The number of nitrogen functional groups attached to an aromatic ring is 1. The van der Waals surface area contributed by atoms with Crippen LogP contribution in [0.3, 0.4) is 0 Å². The van der Waals surface area contributed by atoms with Gasteiger partial charge in [-0.05, 0) is 18.6 Å². The number of nitrogens with two attached hydrogens (primary N) is 1. The molecule has 0 radical (unpaired) electrons. The number of hydrogen-bond acceptors (Lipinski definition) is 5. The first-order valence-corrected chi connectivity index (χ1v) is 5.89. The molecule has 3 N–H and O–H groups in total. The van der Waals surface area contributed by atoms with Crippen molar-refractivity contribution in [2.24, 2.45) is 0 Å². The predicted octanol–water partition coefficient (Wildman–Crippen LogP) is -0.459.